The van der Waals surface area contributed by atoms with Crippen LogP contribution in [0.4, 0.5) is 0 Å². The van der Waals surface area contributed by atoms with E-state index >= 15 is 0 Å². The molecule has 0 radical (unpaired) electrons. The Balaban J connectivity index is 2.75. The van der Waals surface area contributed by atoms with Crippen LogP contribution in [0, 0.1) is 0 Å². The molecule has 0 bridgehead atoms. The molecule has 88 valence electrons. The topological polar surface area (TPSA) is 79.5 Å². The van der Waals surface area contributed by atoms with Crippen LogP contribution < -0.4 is 5.32 Å². The second-order valence-electron chi connectivity index (χ2n) is 3.38. The highest BCUT2D eigenvalue weighted by atomic mass is 16.4. The van der Waals surface area contributed by atoms with Gasteiger partial charge in [0.1, 0.15) is 11.8 Å². The zero-order valence-electron chi connectivity index (χ0n) is 9.32. The Hall–Kier alpha value is -1.78. The van der Waals surface area contributed by atoms with Crippen LogP contribution in [0.5, 0.6) is 0 Å². The summed E-state index contributed by atoms with van der Waals surface area (Å²) in [5.41, 5.74) is 0.405. The summed E-state index contributed by atoms with van der Waals surface area (Å²) in [6.07, 6.45) is 2.37. The van der Waals surface area contributed by atoms with Crippen molar-refractivity contribution in [2.24, 2.45) is 0 Å². The quantitative estimate of drug-likeness (QED) is 0.794. The van der Waals surface area contributed by atoms with E-state index in [1.54, 1.807) is 13.0 Å². The van der Waals surface area contributed by atoms with E-state index in [4.69, 9.17) is 9.52 Å². The molecule has 2 N–H and O–H groups in total. The molecule has 1 aromatic heterocycles. The van der Waals surface area contributed by atoms with E-state index < -0.39 is 17.9 Å². The minimum absolute atomic E-state index is 0.348. The fourth-order valence-electron chi connectivity index (χ4n) is 1.39. The van der Waals surface area contributed by atoms with Gasteiger partial charge in [0.15, 0.2) is 0 Å². The molecule has 16 heavy (non-hydrogen) atoms. The van der Waals surface area contributed by atoms with Gasteiger partial charge < -0.3 is 14.8 Å². The van der Waals surface area contributed by atoms with Crippen molar-refractivity contribution in [3.05, 3.63) is 23.7 Å². The largest absolute Gasteiger partial charge is 0.480 e. The second kappa shape index (κ2) is 5.34. The van der Waals surface area contributed by atoms with Crippen LogP contribution in [-0.2, 0) is 11.2 Å². The smallest absolute Gasteiger partial charge is 0.326 e. The fourth-order valence-corrected chi connectivity index (χ4v) is 1.39. The van der Waals surface area contributed by atoms with Gasteiger partial charge in [-0.05, 0) is 12.5 Å². The van der Waals surface area contributed by atoms with Crippen LogP contribution in [-0.4, -0.2) is 23.0 Å². The molecule has 0 saturated carbocycles. The van der Waals surface area contributed by atoms with Gasteiger partial charge in [0, 0.05) is 6.42 Å². The van der Waals surface area contributed by atoms with Gasteiger partial charge in [-0.25, -0.2) is 4.79 Å². The van der Waals surface area contributed by atoms with E-state index in [2.05, 4.69) is 5.32 Å². The highest BCUT2D eigenvalue weighted by Crippen LogP contribution is 2.11. The summed E-state index contributed by atoms with van der Waals surface area (Å²) in [5, 5.41) is 11.3. The third-order valence-electron chi connectivity index (χ3n) is 2.32. The van der Waals surface area contributed by atoms with Crippen molar-refractivity contribution in [3.63, 3.8) is 0 Å². The summed E-state index contributed by atoms with van der Waals surface area (Å²) in [6.45, 7) is 3.57. The maximum absolute atomic E-state index is 11.7. The zero-order valence-corrected chi connectivity index (χ0v) is 9.32. The molecule has 0 unspecified atom stereocenters. The van der Waals surface area contributed by atoms with E-state index in [-0.39, 0.29) is 0 Å². The van der Waals surface area contributed by atoms with Crippen molar-refractivity contribution < 1.29 is 19.1 Å². The van der Waals surface area contributed by atoms with Crippen molar-refractivity contribution >= 4 is 11.9 Å². The Labute approximate surface area is 93.4 Å². The van der Waals surface area contributed by atoms with Gasteiger partial charge in [0.25, 0.3) is 5.91 Å². The summed E-state index contributed by atoms with van der Waals surface area (Å²) in [5.74, 6) is -0.866. The number of furan rings is 1. The molecule has 1 amide bonds. The van der Waals surface area contributed by atoms with E-state index in [0.717, 1.165) is 0 Å². The van der Waals surface area contributed by atoms with Gasteiger partial charge in [0.2, 0.25) is 0 Å². The molecule has 0 aliphatic heterocycles. The van der Waals surface area contributed by atoms with Crippen molar-refractivity contribution in [3.8, 4) is 0 Å². The Bertz CT molecular complexity index is 383. The van der Waals surface area contributed by atoms with E-state index in [1.165, 1.54) is 6.26 Å². The number of rotatable bonds is 5. The van der Waals surface area contributed by atoms with Gasteiger partial charge in [0.05, 0.1) is 11.8 Å². The third kappa shape index (κ3) is 2.62. The van der Waals surface area contributed by atoms with Crippen LogP contribution in [0.2, 0.25) is 0 Å². The minimum atomic E-state index is -1.03. The molecule has 0 saturated heterocycles. The lowest BCUT2D eigenvalue weighted by Crippen LogP contribution is -2.40. The van der Waals surface area contributed by atoms with Crippen molar-refractivity contribution in [1.29, 1.82) is 0 Å². The van der Waals surface area contributed by atoms with Crippen LogP contribution >= 0.6 is 0 Å². The highest BCUT2D eigenvalue weighted by Gasteiger charge is 2.20. The summed E-state index contributed by atoms with van der Waals surface area (Å²) in [4.78, 5) is 22.5. The molecule has 1 aromatic rings. The lowest BCUT2D eigenvalue weighted by Gasteiger charge is -2.11. The van der Waals surface area contributed by atoms with Crippen LogP contribution in [0.15, 0.2) is 16.7 Å². The number of nitrogens with one attached hydrogen (secondary N) is 1. The first-order valence-electron chi connectivity index (χ1n) is 5.20. The number of carbonyl (C=O) groups excluding carboxylic acids is 1. The summed E-state index contributed by atoms with van der Waals surface area (Å²) < 4.78 is 5.10. The lowest BCUT2D eigenvalue weighted by molar-refractivity contribution is -0.139. The van der Waals surface area contributed by atoms with Crippen LogP contribution in [0.25, 0.3) is 0 Å². The molecule has 5 nitrogen and oxygen atoms in total. The molecule has 0 aromatic carbocycles. The third-order valence-corrected chi connectivity index (χ3v) is 2.32. The molecule has 5 heteroatoms. The predicted octanol–water partition coefficient (Wildman–Crippen LogP) is 1.44. The summed E-state index contributed by atoms with van der Waals surface area (Å²) in [6, 6.07) is 0.690. The molecule has 0 aliphatic rings. The van der Waals surface area contributed by atoms with E-state index in [9.17, 15) is 9.59 Å². The number of hydrogen-bond donors (Lipinski definition) is 2. The fraction of sp³-hybridized carbons (Fsp3) is 0.455. The number of amides is 1. The Kier molecular flexibility index (Phi) is 4.10. The number of carbonyl (C=O) groups is 2. The second-order valence-corrected chi connectivity index (χ2v) is 3.38. The average molecular weight is 225 g/mol. The van der Waals surface area contributed by atoms with Crippen molar-refractivity contribution in [1.82, 2.24) is 5.32 Å². The number of carboxylic acid groups (broad SMARTS) is 1. The lowest BCUT2D eigenvalue weighted by atomic mass is 10.1. The molecule has 1 rings (SSSR count). The van der Waals surface area contributed by atoms with Crippen LogP contribution in [0.3, 0.4) is 0 Å². The molecular weight excluding hydrogens is 210 g/mol. The highest BCUT2D eigenvalue weighted by molar-refractivity contribution is 5.97. The normalized spacial score (nSPS) is 12.1. The number of aryl methyl sites for hydroxylation is 1. The van der Waals surface area contributed by atoms with Gasteiger partial charge >= 0.3 is 5.97 Å². The van der Waals surface area contributed by atoms with Gasteiger partial charge in [-0.3, -0.25) is 4.79 Å². The van der Waals surface area contributed by atoms with Crippen LogP contribution in [0.1, 0.15) is 36.4 Å². The summed E-state index contributed by atoms with van der Waals surface area (Å²) >= 11 is 0. The zero-order chi connectivity index (χ0) is 12.1. The first kappa shape index (κ1) is 12.3. The molecule has 0 spiro atoms. The first-order chi connectivity index (χ1) is 7.60. The van der Waals surface area contributed by atoms with E-state index in [0.29, 0.717) is 24.2 Å². The van der Waals surface area contributed by atoms with E-state index in [1.807, 2.05) is 6.92 Å². The number of aliphatic carboxylic acids is 1. The molecule has 0 fully saturated rings. The number of hydrogen-bond acceptors (Lipinski definition) is 3. The first-order valence-corrected chi connectivity index (χ1v) is 5.20. The van der Waals surface area contributed by atoms with Gasteiger partial charge in [-0.15, -0.1) is 0 Å². The SMILES string of the molecule is CCc1occc1C(=O)N[C@@H](CC)C(=O)O. The monoisotopic (exact) mass is 225 g/mol. The van der Waals surface area contributed by atoms with Gasteiger partial charge in [-0.2, -0.15) is 0 Å². The minimum Gasteiger partial charge on any atom is -0.480 e. The molecule has 1 heterocycles. The average Bonchev–Trinajstić information content (AvgIpc) is 2.72. The van der Waals surface area contributed by atoms with Crippen molar-refractivity contribution in [2.45, 2.75) is 32.7 Å². The number of carboxylic acids is 1. The Morgan fingerprint density at radius 3 is 2.69 bits per heavy atom. The Morgan fingerprint density at radius 2 is 2.19 bits per heavy atom. The standard InChI is InChI=1S/C11H15NO4/c1-3-8(11(14)15)12-10(13)7-5-6-16-9(7)4-2/h5-6,8H,3-4H2,1-2H3,(H,12,13)(H,14,15)/t8-/m0/s1. The Morgan fingerprint density at radius 1 is 1.50 bits per heavy atom. The van der Waals surface area contributed by atoms with Crippen molar-refractivity contribution in [2.75, 3.05) is 0 Å². The molecule has 0 aliphatic carbocycles. The molecular formula is C11H15NO4. The predicted molar refractivity (Wildman–Crippen MR) is 57.3 cm³/mol. The maximum Gasteiger partial charge on any atom is 0.326 e. The summed E-state index contributed by atoms with van der Waals surface area (Å²) in [7, 11) is 0. The maximum atomic E-state index is 11.7. The molecule has 1 atom stereocenters. The van der Waals surface area contributed by atoms with Gasteiger partial charge in [-0.1, -0.05) is 13.8 Å².